The van der Waals surface area contributed by atoms with Gasteiger partial charge in [-0.1, -0.05) is 30.3 Å². The first kappa shape index (κ1) is 16.7. The first-order chi connectivity index (χ1) is 11.5. The van der Waals surface area contributed by atoms with Crippen LogP contribution in [-0.2, 0) is 20.6 Å². The Labute approximate surface area is 141 Å². The highest BCUT2D eigenvalue weighted by Gasteiger charge is 2.31. The van der Waals surface area contributed by atoms with E-state index in [1.807, 2.05) is 30.3 Å². The lowest BCUT2D eigenvalue weighted by Gasteiger charge is -2.30. The Morgan fingerprint density at radius 2 is 1.92 bits per heavy atom. The first-order valence-electron chi connectivity index (χ1n) is 7.86. The van der Waals surface area contributed by atoms with Gasteiger partial charge in [0, 0.05) is 25.1 Å². The van der Waals surface area contributed by atoms with Crippen molar-refractivity contribution in [3.8, 4) is 0 Å². The molecule has 1 amide bonds. The smallest absolute Gasteiger partial charge is 0.228 e. The third kappa shape index (κ3) is 4.01. The van der Waals surface area contributed by atoms with Crippen LogP contribution < -0.4 is 5.32 Å². The van der Waals surface area contributed by atoms with Gasteiger partial charge in [0.05, 0.1) is 11.9 Å². The van der Waals surface area contributed by atoms with Gasteiger partial charge in [-0.05, 0) is 18.4 Å². The van der Waals surface area contributed by atoms with Crippen LogP contribution in [0.1, 0.15) is 18.4 Å². The van der Waals surface area contributed by atoms with Gasteiger partial charge in [-0.3, -0.25) is 9.89 Å². The molecule has 1 aromatic heterocycles. The van der Waals surface area contributed by atoms with Crippen molar-refractivity contribution in [2.24, 2.45) is 5.92 Å². The number of anilines is 1. The van der Waals surface area contributed by atoms with Gasteiger partial charge in [-0.25, -0.2) is 12.7 Å². The van der Waals surface area contributed by atoms with E-state index in [0.29, 0.717) is 31.7 Å². The topological polar surface area (TPSA) is 95.2 Å². The molecule has 2 heterocycles. The number of H-pyrrole nitrogens is 1. The van der Waals surface area contributed by atoms with Gasteiger partial charge >= 0.3 is 0 Å². The number of aromatic amines is 1. The molecule has 2 N–H and O–H groups in total. The molecule has 0 radical (unpaired) electrons. The fraction of sp³-hybridized carbons (Fsp3) is 0.375. The number of nitrogens with one attached hydrogen (secondary N) is 2. The minimum Gasteiger partial charge on any atom is -0.311 e. The highest BCUT2D eigenvalue weighted by Crippen LogP contribution is 2.22. The zero-order valence-corrected chi connectivity index (χ0v) is 14.0. The molecule has 128 valence electrons. The summed E-state index contributed by atoms with van der Waals surface area (Å²) in [5.74, 6) is 0.272. The van der Waals surface area contributed by atoms with Gasteiger partial charge in [0.2, 0.25) is 15.9 Å². The second kappa shape index (κ2) is 7.14. The average molecular weight is 348 g/mol. The molecule has 0 aliphatic carbocycles. The number of hydrogen-bond acceptors (Lipinski definition) is 4. The fourth-order valence-corrected chi connectivity index (χ4v) is 4.40. The maximum absolute atomic E-state index is 12.5. The van der Waals surface area contributed by atoms with E-state index >= 15 is 0 Å². The number of amides is 1. The molecule has 8 heteroatoms. The highest BCUT2D eigenvalue weighted by atomic mass is 32.2. The molecule has 1 aliphatic heterocycles. The predicted molar refractivity (Wildman–Crippen MR) is 90.6 cm³/mol. The van der Waals surface area contributed by atoms with E-state index in [-0.39, 0.29) is 17.6 Å². The number of benzene rings is 1. The molecule has 0 unspecified atom stereocenters. The molecule has 2 aromatic rings. The zero-order valence-electron chi connectivity index (χ0n) is 13.2. The number of rotatable bonds is 5. The van der Waals surface area contributed by atoms with Crippen molar-refractivity contribution < 1.29 is 13.2 Å². The molecule has 7 nitrogen and oxygen atoms in total. The highest BCUT2D eigenvalue weighted by molar-refractivity contribution is 7.88. The molecule has 1 saturated heterocycles. The van der Waals surface area contributed by atoms with Crippen molar-refractivity contribution in [1.29, 1.82) is 0 Å². The summed E-state index contributed by atoms with van der Waals surface area (Å²) in [6.45, 7) is 0.743. The average Bonchev–Trinajstić information content (AvgIpc) is 3.08. The Balaban J connectivity index is 1.55. The fourth-order valence-electron chi connectivity index (χ4n) is 2.83. The molecule has 1 fully saturated rings. The van der Waals surface area contributed by atoms with E-state index in [1.165, 1.54) is 4.31 Å². The molecule has 0 atom stereocenters. The minimum atomic E-state index is -3.35. The van der Waals surface area contributed by atoms with Crippen molar-refractivity contribution in [3.05, 3.63) is 48.2 Å². The summed E-state index contributed by atoms with van der Waals surface area (Å²) >= 11 is 0. The minimum absolute atomic E-state index is 0.00114. The van der Waals surface area contributed by atoms with Crippen molar-refractivity contribution in [1.82, 2.24) is 14.5 Å². The maximum Gasteiger partial charge on any atom is 0.228 e. The summed E-state index contributed by atoms with van der Waals surface area (Å²) < 4.78 is 26.5. The summed E-state index contributed by atoms with van der Waals surface area (Å²) in [4.78, 5) is 12.2. The van der Waals surface area contributed by atoms with Crippen LogP contribution in [0.3, 0.4) is 0 Å². The third-order valence-electron chi connectivity index (χ3n) is 4.17. The summed E-state index contributed by atoms with van der Waals surface area (Å²) in [6.07, 6.45) is 2.61. The third-order valence-corrected chi connectivity index (χ3v) is 6.02. The summed E-state index contributed by atoms with van der Waals surface area (Å²) in [5, 5.41) is 9.22. The van der Waals surface area contributed by atoms with Crippen molar-refractivity contribution in [2.45, 2.75) is 18.6 Å². The lowest BCUT2D eigenvalue weighted by Crippen LogP contribution is -2.41. The van der Waals surface area contributed by atoms with Gasteiger partial charge in [0.25, 0.3) is 0 Å². The second-order valence-electron chi connectivity index (χ2n) is 5.87. The summed E-state index contributed by atoms with van der Waals surface area (Å²) in [6, 6.07) is 10.8. The number of carbonyl (C=O) groups excluding carboxylic acids is 1. The van der Waals surface area contributed by atoms with Crippen LogP contribution in [0.25, 0.3) is 0 Å². The number of piperidine rings is 1. The Bertz CT molecular complexity index is 767. The Morgan fingerprint density at radius 1 is 1.21 bits per heavy atom. The SMILES string of the molecule is O=C(Nc1ccn[nH]1)C1CCN(S(=O)(=O)Cc2ccccc2)CC1. The van der Waals surface area contributed by atoms with Crippen molar-refractivity contribution >= 4 is 21.7 Å². The van der Waals surface area contributed by atoms with E-state index in [1.54, 1.807) is 12.3 Å². The van der Waals surface area contributed by atoms with Gasteiger partial charge < -0.3 is 5.32 Å². The molecule has 24 heavy (non-hydrogen) atoms. The van der Waals surface area contributed by atoms with Crippen LogP contribution in [0.15, 0.2) is 42.6 Å². The van der Waals surface area contributed by atoms with E-state index in [4.69, 9.17) is 0 Å². The molecule has 3 rings (SSSR count). The zero-order chi connectivity index (χ0) is 17.0. The van der Waals surface area contributed by atoms with Crippen LogP contribution in [-0.4, -0.2) is 41.9 Å². The van der Waals surface area contributed by atoms with E-state index < -0.39 is 10.0 Å². The normalized spacial score (nSPS) is 16.8. The van der Waals surface area contributed by atoms with Gasteiger partial charge in [0.15, 0.2) is 0 Å². The Kier molecular flexibility index (Phi) is 4.96. The molecular formula is C16H20N4O3S. The van der Waals surface area contributed by atoms with Crippen molar-refractivity contribution in [3.63, 3.8) is 0 Å². The number of aromatic nitrogens is 2. The van der Waals surface area contributed by atoms with Crippen LogP contribution in [0.2, 0.25) is 0 Å². The maximum atomic E-state index is 12.5. The summed E-state index contributed by atoms with van der Waals surface area (Å²) in [5.41, 5.74) is 0.775. The lowest BCUT2D eigenvalue weighted by molar-refractivity contribution is -0.120. The molecule has 1 aliphatic rings. The van der Waals surface area contributed by atoms with Gasteiger partial charge in [0.1, 0.15) is 5.82 Å². The van der Waals surface area contributed by atoms with Crippen LogP contribution in [0.4, 0.5) is 5.82 Å². The van der Waals surface area contributed by atoms with E-state index in [0.717, 1.165) is 5.56 Å². The molecule has 0 saturated carbocycles. The predicted octanol–water partition coefficient (Wildman–Crippen LogP) is 1.59. The molecular weight excluding hydrogens is 328 g/mol. The Hall–Kier alpha value is -2.19. The van der Waals surface area contributed by atoms with Crippen LogP contribution >= 0.6 is 0 Å². The lowest BCUT2D eigenvalue weighted by atomic mass is 9.97. The van der Waals surface area contributed by atoms with Crippen molar-refractivity contribution in [2.75, 3.05) is 18.4 Å². The standard InChI is InChI=1S/C16H20N4O3S/c21-16(18-15-6-9-17-19-15)14-7-10-20(11-8-14)24(22,23)12-13-4-2-1-3-5-13/h1-6,9,14H,7-8,10-12H2,(H2,17,18,19,21). The largest absolute Gasteiger partial charge is 0.311 e. The van der Waals surface area contributed by atoms with Gasteiger partial charge in [-0.15, -0.1) is 0 Å². The first-order valence-corrected chi connectivity index (χ1v) is 9.47. The van der Waals surface area contributed by atoms with E-state index in [9.17, 15) is 13.2 Å². The molecule has 0 spiro atoms. The van der Waals surface area contributed by atoms with Crippen LogP contribution in [0.5, 0.6) is 0 Å². The summed E-state index contributed by atoms with van der Waals surface area (Å²) in [7, 11) is -3.35. The molecule has 1 aromatic carbocycles. The number of carbonyl (C=O) groups is 1. The molecule has 0 bridgehead atoms. The second-order valence-corrected chi connectivity index (χ2v) is 7.84. The number of hydrogen-bond donors (Lipinski definition) is 2. The quantitative estimate of drug-likeness (QED) is 0.858. The number of sulfonamides is 1. The van der Waals surface area contributed by atoms with E-state index in [2.05, 4.69) is 15.5 Å². The monoisotopic (exact) mass is 348 g/mol. The van der Waals surface area contributed by atoms with Crippen LogP contribution in [0, 0.1) is 5.92 Å². The van der Waals surface area contributed by atoms with Gasteiger partial charge in [-0.2, -0.15) is 5.10 Å². The number of nitrogens with zero attached hydrogens (tertiary/aromatic N) is 2. The Morgan fingerprint density at radius 3 is 2.54 bits per heavy atom.